The summed E-state index contributed by atoms with van der Waals surface area (Å²) in [5, 5.41) is 0. The van der Waals surface area contributed by atoms with E-state index < -0.39 is 0 Å². The van der Waals surface area contributed by atoms with E-state index in [1.165, 1.54) is 18.2 Å². The molecule has 0 aromatic heterocycles. The molecule has 0 amide bonds. The van der Waals surface area contributed by atoms with Gasteiger partial charge in [0.25, 0.3) is 0 Å². The number of carbonyl (C=O) groups excluding carboxylic acids is 2. The Bertz CT molecular complexity index is 684. The van der Waals surface area contributed by atoms with Crippen LogP contribution >= 0.6 is 0 Å². The first-order valence-electron chi connectivity index (χ1n) is 9.26. The van der Waals surface area contributed by atoms with E-state index in [9.17, 15) is 9.59 Å². The standard InChI is InChI=1S/C21H24O5.C2H6/c1-4-18(20(23)16-26-25-6-3)13-12-17(14-22)15-24-21(5-2)19-10-8-7-9-11-19;1-2/h4-5,7-14H,1,6,15-16H2,2-3H3;1-2H3/b17-12-,18-13+,21-5-;. The van der Waals surface area contributed by atoms with Crippen molar-refractivity contribution >= 4 is 17.8 Å². The molecule has 1 aromatic carbocycles. The van der Waals surface area contributed by atoms with Crippen LogP contribution in [0.4, 0.5) is 0 Å². The maximum absolute atomic E-state index is 11.9. The highest BCUT2D eigenvalue weighted by Gasteiger charge is 2.07. The van der Waals surface area contributed by atoms with Crippen molar-refractivity contribution in [3.8, 4) is 0 Å². The molecule has 0 unspecified atom stereocenters. The van der Waals surface area contributed by atoms with Gasteiger partial charge in [0.15, 0.2) is 5.78 Å². The van der Waals surface area contributed by atoms with Crippen LogP contribution in [-0.4, -0.2) is 31.9 Å². The van der Waals surface area contributed by atoms with Gasteiger partial charge in [-0.2, -0.15) is 0 Å². The minimum Gasteiger partial charge on any atom is -0.489 e. The molecule has 0 aliphatic carbocycles. The Morgan fingerprint density at radius 3 is 2.29 bits per heavy atom. The fourth-order valence-electron chi connectivity index (χ4n) is 1.95. The zero-order valence-corrected chi connectivity index (χ0v) is 17.1. The molecule has 0 atom stereocenters. The number of Topliss-reactive ketones (excluding diaryl/α,β-unsaturated/α-hetero) is 1. The average Bonchev–Trinajstić information content (AvgIpc) is 2.75. The van der Waals surface area contributed by atoms with E-state index in [4.69, 9.17) is 9.62 Å². The summed E-state index contributed by atoms with van der Waals surface area (Å²) in [5.41, 5.74) is 1.63. The molecule has 0 spiro atoms. The van der Waals surface area contributed by atoms with Crippen molar-refractivity contribution < 1.29 is 24.1 Å². The summed E-state index contributed by atoms with van der Waals surface area (Å²) >= 11 is 0. The van der Waals surface area contributed by atoms with E-state index in [0.29, 0.717) is 29.8 Å². The molecule has 0 fully saturated rings. The topological polar surface area (TPSA) is 61.8 Å². The molecule has 0 radical (unpaired) electrons. The van der Waals surface area contributed by atoms with Gasteiger partial charge in [0.05, 0.1) is 6.61 Å². The minimum absolute atomic E-state index is 0.0859. The number of allylic oxidation sites excluding steroid dienone is 4. The van der Waals surface area contributed by atoms with Gasteiger partial charge >= 0.3 is 0 Å². The zero-order chi connectivity index (χ0) is 21.2. The summed E-state index contributed by atoms with van der Waals surface area (Å²) < 4.78 is 5.71. The Morgan fingerprint density at radius 2 is 1.75 bits per heavy atom. The van der Waals surface area contributed by atoms with Gasteiger partial charge in [-0.15, -0.1) is 0 Å². The second-order valence-electron chi connectivity index (χ2n) is 5.09. The van der Waals surface area contributed by atoms with Crippen molar-refractivity contribution in [1.82, 2.24) is 0 Å². The average molecular weight is 386 g/mol. The smallest absolute Gasteiger partial charge is 0.191 e. The lowest BCUT2D eigenvalue weighted by atomic mass is 10.1. The zero-order valence-electron chi connectivity index (χ0n) is 17.1. The quantitative estimate of drug-likeness (QED) is 0.0976. The summed E-state index contributed by atoms with van der Waals surface area (Å²) in [4.78, 5) is 32.6. The van der Waals surface area contributed by atoms with Crippen molar-refractivity contribution in [2.75, 3.05) is 19.8 Å². The number of hydrogen-bond acceptors (Lipinski definition) is 5. The van der Waals surface area contributed by atoms with Crippen LogP contribution in [-0.2, 0) is 24.1 Å². The normalized spacial score (nSPS) is 11.9. The third-order valence-electron chi connectivity index (χ3n) is 3.28. The van der Waals surface area contributed by atoms with Gasteiger partial charge in [-0.05, 0) is 19.9 Å². The van der Waals surface area contributed by atoms with E-state index in [2.05, 4.69) is 11.5 Å². The van der Waals surface area contributed by atoms with Crippen molar-refractivity contribution in [1.29, 1.82) is 0 Å². The molecule has 5 heteroatoms. The van der Waals surface area contributed by atoms with Crippen molar-refractivity contribution in [3.63, 3.8) is 0 Å². The number of hydrogen-bond donors (Lipinski definition) is 0. The summed E-state index contributed by atoms with van der Waals surface area (Å²) in [6.07, 6.45) is 6.96. The molecule has 28 heavy (non-hydrogen) atoms. The Hall–Kier alpha value is -2.76. The van der Waals surface area contributed by atoms with Gasteiger partial charge in [-0.1, -0.05) is 69.0 Å². The van der Waals surface area contributed by atoms with Crippen LogP contribution in [0.15, 0.2) is 72.4 Å². The Balaban J connectivity index is 0.00000352. The Morgan fingerprint density at radius 1 is 1.07 bits per heavy atom. The van der Waals surface area contributed by atoms with E-state index >= 15 is 0 Å². The number of carbonyl (C=O) groups is 2. The third kappa shape index (κ3) is 9.80. The second-order valence-corrected chi connectivity index (χ2v) is 5.09. The minimum atomic E-state index is -0.297. The molecule has 0 bridgehead atoms. The van der Waals surface area contributed by atoms with Crippen molar-refractivity contribution in [2.24, 2.45) is 0 Å². The molecular weight excluding hydrogens is 356 g/mol. The number of ether oxygens (including phenoxy) is 1. The Labute approximate surface area is 167 Å². The van der Waals surface area contributed by atoms with Gasteiger partial charge in [-0.3, -0.25) is 9.59 Å². The van der Waals surface area contributed by atoms with Gasteiger partial charge in [0, 0.05) is 16.7 Å². The molecule has 0 saturated heterocycles. The first-order chi connectivity index (χ1) is 13.7. The lowest BCUT2D eigenvalue weighted by Gasteiger charge is -2.10. The van der Waals surface area contributed by atoms with Crippen molar-refractivity contribution in [2.45, 2.75) is 27.7 Å². The SMILES string of the molecule is C=C/C(=C\C=C(\C=O)CO/C(=C\C)c1ccccc1)C(=O)COOCC.CC. The predicted octanol–water partition coefficient (Wildman–Crippen LogP) is 4.87. The molecule has 0 heterocycles. The molecule has 0 N–H and O–H groups in total. The monoisotopic (exact) mass is 386 g/mol. The highest BCUT2D eigenvalue weighted by Crippen LogP contribution is 2.16. The largest absolute Gasteiger partial charge is 0.489 e. The third-order valence-corrected chi connectivity index (χ3v) is 3.28. The summed E-state index contributed by atoms with van der Waals surface area (Å²) in [6.45, 7) is 11.4. The molecule has 0 aliphatic rings. The maximum atomic E-state index is 11.9. The van der Waals surface area contributed by atoms with Gasteiger partial charge < -0.3 is 4.74 Å². The van der Waals surface area contributed by atoms with Crippen LogP contribution < -0.4 is 0 Å². The number of rotatable bonds is 12. The highest BCUT2D eigenvalue weighted by atomic mass is 17.2. The van der Waals surface area contributed by atoms with E-state index in [-0.39, 0.29) is 19.0 Å². The van der Waals surface area contributed by atoms with E-state index in [1.54, 1.807) is 6.92 Å². The van der Waals surface area contributed by atoms with Crippen LogP contribution in [0.5, 0.6) is 0 Å². The molecule has 0 saturated carbocycles. The molecular formula is C23H30O5. The van der Waals surface area contributed by atoms with Gasteiger partial charge in [-0.25, -0.2) is 9.78 Å². The van der Waals surface area contributed by atoms with Crippen LogP contribution in [0, 0.1) is 0 Å². The van der Waals surface area contributed by atoms with E-state index in [1.807, 2.05) is 57.2 Å². The molecule has 1 rings (SSSR count). The van der Waals surface area contributed by atoms with Crippen molar-refractivity contribution in [3.05, 3.63) is 77.9 Å². The lowest BCUT2D eigenvalue weighted by molar-refractivity contribution is -0.284. The summed E-state index contributed by atoms with van der Waals surface area (Å²) in [7, 11) is 0. The van der Waals surface area contributed by atoms with Crippen LogP contribution in [0.2, 0.25) is 0 Å². The maximum Gasteiger partial charge on any atom is 0.191 e. The fourth-order valence-corrected chi connectivity index (χ4v) is 1.95. The first kappa shape index (κ1) is 25.2. The lowest BCUT2D eigenvalue weighted by Crippen LogP contribution is -2.10. The van der Waals surface area contributed by atoms with Crippen LogP contribution in [0.3, 0.4) is 0 Å². The van der Waals surface area contributed by atoms with Gasteiger partial charge in [0.1, 0.15) is 25.3 Å². The van der Waals surface area contributed by atoms with Crippen LogP contribution in [0.1, 0.15) is 33.3 Å². The number of benzene rings is 1. The first-order valence-corrected chi connectivity index (χ1v) is 9.26. The van der Waals surface area contributed by atoms with Crippen LogP contribution in [0.25, 0.3) is 5.76 Å². The second kappa shape index (κ2) is 16.4. The Kier molecular flexibility index (Phi) is 14.8. The number of aldehydes is 1. The molecule has 5 nitrogen and oxygen atoms in total. The molecule has 0 aliphatic heterocycles. The van der Waals surface area contributed by atoms with Gasteiger partial charge in [0.2, 0.25) is 0 Å². The molecule has 152 valence electrons. The fraction of sp³-hybridized carbons (Fsp3) is 0.304. The summed E-state index contributed by atoms with van der Waals surface area (Å²) in [6, 6.07) is 9.58. The molecule has 1 aromatic rings. The highest BCUT2D eigenvalue weighted by molar-refractivity contribution is 5.99. The summed E-state index contributed by atoms with van der Waals surface area (Å²) in [5.74, 6) is 0.377. The number of ketones is 1. The predicted molar refractivity (Wildman–Crippen MR) is 112 cm³/mol. The van der Waals surface area contributed by atoms with E-state index in [0.717, 1.165) is 5.56 Å².